The fourth-order valence-corrected chi connectivity index (χ4v) is 2.13. The van der Waals surface area contributed by atoms with Crippen molar-refractivity contribution in [2.45, 2.75) is 46.3 Å². The molecule has 0 aromatic rings. The van der Waals surface area contributed by atoms with Gasteiger partial charge in [0.2, 0.25) is 0 Å². The minimum atomic E-state index is -0.0416. The van der Waals surface area contributed by atoms with Gasteiger partial charge >= 0.3 is 0 Å². The molecule has 1 rings (SSSR count). The molecular weight excluding hydrogens is 220 g/mol. The van der Waals surface area contributed by atoms with Crippen LogP contribution in [-0.2, 0) is 4.74 Å². The first-order chi connectivity index (χ1) is 7.31. The van der Waals surface area contributed by atoms with Crippen LogP contribution in [0.15, 0.2) is 0 Å². The van der Waals surface area contributed by atoms with Gasteiger partial charge in [0.1, 0.15) is 0 Å². The molecule has 4 heteroatoms. The Morgan fingerprint density at radius 2 is 1.88 bits per heavy atom. The van der Waals surface area contributed by atoms with Crippen LogP contribution in [0.1, 0.15) is 34.1 Å². The standard InChI is InChI=1S/C12H24N2OS/c1-9-7-14(8-10(2)15-9)6-5-12(3,4)11(13)16/h9-10H,5-8H2,1-4H3,(H2,13,16)/t9-,10+. The molecular formula is C12H24N2OS. The van der Waals surface area contributed by atoms with Crippen molar-refractivity contribution in [2.24, 2.45) is 11.1 Å². The summed E-state index contributed by atoms with van der Waals surface area (Å²) in [5.41, 5.74) is 5.69. The van der Waals surface area contributed by atoms with Crippen molar-refractivity contribution in [1.82, 2.24) is 4.90 Å². The summed E-state index contributed by atoms with van der Waals surface area (Å²) in [6.45, 7) is 11.5. The maximum atomic E-state index is 5.73. The second kappa shape index (κ2) is 5.43. The van der Waals surface area contributed by atoms with Crippen molar-refractivity contribution in [3.8, 4) is 0 Å². The second-order valence-electron chi connectivity index (χ2n) is 5.52. The number of nitrogens with two attached hydrogens (primary N) is 1. The summed E-state index contributed by atoms with van der Waals surface area (Å²) < 4.78 is 5.70. The molecule has 1 fully saturated rings. The number of thiocarbonyl (C=S) groups is 1. The summed E-state index contributed by atoms with van der Waals surface area (Å²) in [6.07, 6.45) is 1.68. The Morgan fingerprint density at radius 3 is 2.31 bits per heavy atom. The first kappa shape index (κ1) is 13.9. The van der Waals surface area contributed by atoms with Gasteiger partial charge in [0.15, 0.2) is 0 Å². The lowest BCUT2D eigenvalue weighted by Gasteiger charge is -2.37. The minimum Gasteiger partial charge on any atom is -0.393 e. The molecule has 1 aliphatic rings. The third-order valence-electron chi connectivity index (χ3n) is 3.22. The van der Waals surface area contributed by atoms with Crippen LogP contribution in [0.4, 0.5) is 0 Å². The zero-order chi connectivity index (χ0) is 12.3. The molecule has 16 heavy (non-hydrogen) atoms. The number of hydrogen-bond donors (Lipinski definition) is 1. The van der Waals surface area contributed by atoms with Gasteiger partial charge in [0.25, 0.3) is 0 Å². The fourth-order valence-electron chi connectivity index (χ4n) is 2.03. The molecule has 0 unspecified atom stereocenters. The summed E-state index contributed by atoms with van der Waals surface area (Å²) in [4.78, 5) is 3.06. The van der Waals surface area contributed by atoms with Gasteiger partial charge in [-0.15, -0.1) is 0 Å². The summed E-state index contributed by atoms with van der Waals surface area (Å²) in [6, 6.07) is 0. The molecule has 0 saturated carbocycles. The predicted molar refractivity (Wildman–Crippen MR) is 71.6 cm³/mol. The molecule has 1 saturated heterocycles. The van der Waals surface area contributed by atoms with Gasteiger partial charge in [-0.1, -0.05) is 26.1 Å². The number of morpholine rings is 1. The largest absolute Gasteiger partial charge is 0.393 e. The minimum absolute atomic E-state index is 0.0416. The maximum absolute atomic E-state index is 5.73. The third kappa shape index (κ3) is 4.00. The number of nitrogens with zero attached hydrogens (tertiary/aromatic N) is 1. The lowest BCUT2D eigenvalue weighted by atomic mass is 9.89. The second-order valence-corrected chi connectivity index (χ2v) is 5.95. The van der Waals surface area contributed by atoms with E-state index in [1.54, 1.807) is 0 Å². The van der Waals surface area contributed by atoms with E-state index in [0.717, 1.165) is 26.1 Å². The van der Waals surface area contributed by atoms with E-state index in [1.165, 1.54) is 0 Å². The first-order valence-corrected chi connectivity index (χ1v) is 6.40. The van der Waals surface area contributed by atoms with E-state index in [0.29, 0.717) is 17.2 Å². The Kier molecular flexibility index (Phi) is 4.71. The van der Waals surface area contributed by atoms with Crippen molar-refractivity contribution < 1.29 is 4.74 Å². The number of rotatable bonds is 4. The summed E-state index contributed by atoms with van der Waals surface area (Å²) in [7, 11) is 0. The maximum Gasteiger partial charge on any atom is 0.0784 e. The topological polar surface area (TPSA) is 38.5 Å². The van der Waals surface area contributed by atoms with E-state index in [-0.39, 0.29) is 5.41 Å². The average molecular weight is 244 g/mol. The molecule has 0 amide bonds. The molecule has 94 valence electrons. The smallest absolute Gasteiger partial charge is 0.0784 e. The molecule has 2 atom stereocenters. The quantitative estimate of drug-likeness (QED) is 0.765. The molecule has 0 aromatic carbocycles. The van der Waals surface area contributed by atoms with E-state index in [9.17, 15) is 0 Å². The molecule has 0 aliphatic carbocycles. The van der Waals surface area contributed by atoms with Crippen molar-refractivity contribution in [3.05, 3.63) is 0 Å². The molecule has 0 bridgehead atoms. The van der Waals surface area contributed by atoms with E-state index in [1.807, 2.05) is 0 Å². The number of ether oxygens (including phenoxy) is 1. The van der Waals surface area contributed by atoms with Crippen LogP contribution in [0.5, 0.6) is 0 Å². The zero-order valence-corrected chi connectivity index (χ0v) is 11.6. The summed E-state index contributed by atoms with van der Waals surface area (Å²) in [5, 5.41) is 0. The van der Waals surface area contributed by atoms with Crippen LogP contribution in [0, 0.1) is 5.41 Å². The van der Waals surface area contributed by atoms with Crippen LogP contribution in [0.25, 0.3) is 0 Å². The first-order valence-electron chi connectivity index (χ1n) is 5.99. The Balaban J connectivity index is 2.40. The normalized spacial score (nSPS) is 28.0. The van der Waals surface area contributed by atoms with Crippen molar-refractivity contribution >= 4 is 17.2 Å². The van der Waals surface area contributed by atoms with E-state index < -0.39 is 0 Å². The lowest BCUT2D eigenvalue weighted by Crippen LogP contribution is -2.47. The van der Waals surface area contributed by atoms with Crippen LogP contribution in [-0.4, -0.2) is 41.7 Å². The van der Waals surface area contributed by atoms with Crippen LogP contribution < -0.4 is 5.73 Å². The van der Waals surface area contributed by atoms with Crippen molar-refractivity contribution in [1.29, 1.82) is 0 Å². The van der Waals surface area contributed by atoms with Gasteiger partial charge in [-0.05, 0) is 26.8 Å². The summed E-state index contributed by atoms with van der Waals surface area (Å²) in [5.74, 6) is 0. The van der Waals surface area contributed by atoms with Crippen molar-refractivity contribution in [2.75, 3.05) is 19.6 Å². The fraction of sp³-hybridized carbons (Fsp3) is 0.917. The van der Waals surface area contributed by atoms with Gasteiger partial charge in [0, 0.05) is 18.5 Å². The number of hydrogen-bond acceptors (Lipinski definition) is 3. The third-order valence-corrected chi connectivity index (χ3v) is 3.77. The van der Waals surface area contributed by atoms with Gasteiger partial charge in [-0.25, -0.2) is 0 Å². The van der Waals surface area contributed by atoms with Crippen LogP contribution >= 0.6 is 12.2 Å². The Labute approximate surface area is 104 Å². The molecule has 0 radical (unpaired) electrons. The molecule has 2 N–H and O–H groups in total. The molecule has 3 nitrogen and oxygen atoms in total. The SMILES string of the molecule is C[C@@H]1CN(CCC(C)(C)C(N)=S)C[C@H](C)O1. The molecule has 1 heterocycles. The van der Waals surface area contributed by atoms with E-state index in [2.05, 4.69) is 32.6 Å². The van der Waals surface area contributed by atoms with Crippen LogP contribution in [0.3, 0.4) is 0 Å². The van der Waals surface area contributed by atoms with Gasteiger partial charge in [-0.2, -0.15) is 0 Å². The van der Waals surface area contributed by atoms with Crippen molar-refractivity contribution in [3.63, 3.8) is 0 Å². The Hall–Kier alpha value is -0.190. The monoisotopic (exact) mass is 244 g/mol. The molecule has 0 aromatic heterocycles. The van der Waals surface area contributed by atoms with Crippen LogP contribution in [0.2, 0.25) is 0 Å². The Morgan fingerprint density at radius 1 is 1.38 bits per heavy atom. The molecule has 0 spiro atoms. The lowest BCUT2D eigenvalue weighted by molar-refractivity contribution is -0.0692. The highest BCUT2D eigenvalue weighted by Crippen LogP contribution is 2.22. The van der Waals surface area contributed by atoms with Gasteiger partial charge < -0.3 is 10.5 Å². The Bertz CT molecular complexity index is 245. The highest BCUT2D eigenvalue weighted by molar-refractivity contribution is 7.80. The summed E-state index contributed by atoms with van der Waals surface area (Å²) >= 11 is 5.08. The average Bonchev–Trinajstić information content (AvgIpc) is 2.13. The highest BCUT2D eigenvalue weighted by atomic mass is 32.1. The van der Waals surface area contributed by atoms with Gasteiger partial charge in [0.05, 0.1) is 17.2 Å². The van der Waals surface area contributed by atoms with E-state index >= 15 is 0 Å². The zero-order valence-electron chi connectivity index (χ0n) is 10.8. The molecule has 1 aliphatic heterocycles. The highest BCUT2D eigenvalue weighted by Gasteiger charge is 2.26. The van der Waals surface area contributed by atoms with Gasteiger partial charge in [-0.3, -0.25) is 4.90 Å². The van der Waals surface area contributed by atoms with E-state index in [4.69, 9.17) is 22.7 Å². The predicted octanol–water partition coefficient (Wildman–Crippen LogP) is 1.80.